The third-order valence-electron chi connectivity index (χ3n) is 11.0. The van der Waals surface area contributed by atoms with Crippen molar-refractivity contribution in [3.63, 3.8) is 0 Å². The summed E-state index contributed by atoms with van der Waals surface area (Å²) in [7, 11) is 0. The van der Waals surface area contributed by atoms with Crippen LogP contribution in [0.2, 0.25) is 0 Å². The Labute approximate surface area is 316 Å². The molecule has 0 spiro atoms. The van der Waals surface area contributed by atoms with E-state index in [0.29, 0.717) is 12.3 Å². The Balaban J connectivity index is 1.10. The van der Waals surface area contributed by atoms with E-state index in [0.717, 1.165) is 77.2 Å². The van der Waals surface area contributed by atoms with Crippen LogP contribution >= 0.6 is 0 Å². The molecule has 0 aliphatic heterocycles. The first-order chi connectivity index (χ1) is 27.3. The zero-order chi connectivity index (χ0) is 36.3. The van der Waals surface area contributed by atoms with Crippen molar-refractivity contribution in [2.45, 2.75) is 12.3 Å². The molecule has 260 valence electrons. The van der Waals surface area contributed by atoms with Crippen molar-refractivity contribution in [3.05, 3.63) is 199 Å². The monoisotopic (exact) mass is 707 g/mol. The molecule has 3 heterocycles. The molecule has 3 aromatic heterocycles. The van der Waals surface area contributed by atoms with Crippen LogP contribution in [0.1, 0.15) is 22.6 Å². The number of rotatable bonds is 7. The number of benzene rings is 8. The molecule has 4 nitrogen and oxygen atoms in total. The zero-order valence-corrected chi connectivity index (χ0v) is 29.8. The van der Waals surface area contributed by atoms with Crippen LogP contribution in [0.15, 0.2) is 195 Å². The molecule has 0 aliphatic carbocycles. The minimum absolute atomic E-state index is 0.0191. The Morgan fingerprint density at radius 2 is 1.05 bits per heavy atom. The van der Waals surface area contributed by atoms with Gasteiger partial charge in [0.15, 0.2) is 5.58 Å². The lowest BCUT2D eigenvalue weighted by Gasteiger charge is -2.22. The van der Waals surface area contributed by atoms with Gasteiger partial charge < -0.3 is 13.3 Å². The SMILES string of the molecule is c1ccc(-c2nc3c(CC(c4ccc(-c5cccc6c5oc5ccccc56)cc4)c4ccccc4-c4ccccc4)cc4oc5ccccc5c4c3o2)cc1. The molecular formula is C51H33NO3. The summed E-state index contributed by atoms with van der Waals surface area (Å²) in [6.07, 6.45) is 0.673. The number of para-hydroxylation sites is 3. The van der Waals surface area contributed by atoms with Gasteiger partial charge in [0.05, 0.1) is 5.39 Å². The van der Waals surface area contributed by atoms with E-state index < -0.39 is 0 Å². The second-order valence-electron chi connectivity index (χ2n) is 14.2. The van der Waals surface area contributed by atoms with Gasteiger partial charge in [-0.3, -0.25) is 0 Å². The van der Waals surface area contributed by atoms with Gasteiger partial charge in [-0.25, -0.2) is 4.98 Å². The van der Waals surface area contributed by atoms with Gasteiger partial charge in [0, 0.05) is 33.2 Å². The molecule has 0 N–H and O–H groups in total. The second kappa shape index (κ2) is 12.8. The van der Waals surface area contributed by atoms with E-state index in [-0.39, 0.29) is 5.92 Å². The summed E-state index contributed by atoms with van der Waals surface area (Å²) < 4.78 is 19.7. The number of nitrogens with zero attached hydrogens (tertiary/aromatic N) is 1. The molecule has 0 saturated heterocycles. The smallest absolute Gasteiger partial charge is 0.227 e. The van der Waals surface area contributed by atoms with E-state index in [1.807, 2.05) is 60.7 Å². The summed E-state index contributed by atoms with van der Waals surface area (Å²) in [5.41, 5.74) is 14.1. The Bertz CT molecular complexity index is 3170. The highest BCUT2D eigenvalue weighted by molar-refractivity contribution is 6.17. The quantitative estimate of drug-likeness (QED) is 0.165. The Kier molecular flexibility index (Phi) is 7.27. The van der Waals surface area contributed by atoms with Crippen molar-refractivity contribution in [2.75, 3.05) is 0 Å². The molecule has 0 bridgehead atoms. The van der Waals surface area contributed by atoms with Gasteiger partial charge in [-0.1, -0.05) is 152 Å². The molecule has 55 heavy (non-hydrogen) atoms. The largest absolute Gasteiger partial charge is 0.456 e. The molecule has 4 heteroatoms. The Morgan fingerprint density at radius 1 is 0.436 bits per heavy atom. The summed E-state index contributed by atoms with van der Waals surface area (Å²) in [6.45, 7) is 0. The van der Waals surface area contributed by atoms with E-state index in [2.05, 4.69) is 121 Å². The van der Waals surface area contributed by atoms with Crippen LogP contribution < -0.4 is 0 Å². The topological polar surface area (TPSA) is 52.3 Å². The first kappa shape index (κ1) is 31.4. The average molecular weight is 708 g/mol. The summed E-state index contributed by atoms with van der Waals surface area (Å²) >= 11 is 0. The number of oxazole rings is 1. The maximum atomic E-state index is 6.70. The highest BCUT2D eigenvalue weighted by atomic mass is 16.4. The predicted molar refractivity (Wildman–Crippen MR) is 223 cm³/mol. The van der Waals surface area contributed by atoms with E-state index in [1.54, 1.807) is 0 Å². The standard InChI is InChI=1S/C51H33NO3/c1-3-14-32(15-4-1)37-18-7-8-19-39(37)43(34-28-26-33(27-29-34)38-22-13-23-41-40-20-9-11-24-44(40)54-49(38)41)30-36-31-46-47(42-21-10-12-25-45(42)53-46)50-48(36)52-51(55-50)35-16-5-2-6-17-35/h1-29,31,43H,30H2. The normalized spacial score (nSPS) is 12.4. The molecule has 1 atom stereocenters. The van der Waals surface area contributed by atoms with Crippen molar-refractivity contribution in [1.82, 2.24) is 4.98 Å². The molecule has 8 aromatic carbocycles. The maximum Gasteiger partial charge on any atom is 0.227 e. The van der Waals surface area contributed by atoms with Gasteiger partial charge in [-0.2, -0.15) is 0 Å². The molecule has 0 amide bonds. The van der Waals surface area contributed by atoms with Crippen molar-refractivity contribution in [2.24, 2.45) is 0 Å². The molecule has 0 radical (unpaired) electrons. The maximum absolute atomic E-state index is 6.70. The molecule has 11 aromatic rings. The van der Waals surface area contributed by atoms with Gasteiger partial charge in [-0.15, -0.1) is 0 Å². The number of aromatic nitrogens is 1. The van der Waals surface area contributed by atoms with Crippen LogP contribution in [0.5, 0.6) is 0 Å². The van der Waals surface area contributed by atoms with E-state index in [9.17, 15) is 0 Å². The first-order valence-electron chi connectivity index (χ1n) is 18.7. The fourth-order valence-electron chi connectivity index (χ4n) is 8.37. The predicted octanol–water partition coefficient (Wildman–Crippen LogP) is 14.0. The number of furan rings is 2. The lowest BCUT2D eigenvalue weighted by molar-refractivity contribution is 0.622. The minimum atomic E-state index is -0.0191. The van der Waals surface area contributed by atoms with E-state index in [1.165, 1.54) is 22.3 Å². The van der Waals surface area contributed by atoms with Crippen molar-refractivity contribution in [1.29, 1.82) is 0 Å². The highest BCUT2D eigenvalue weighted by Gasteiger charge is 2.25. The van der Waals surface area contributed by atoms with E-state index >= 15 is 0 Å². The third kappa shape index (κ3) is 5.25. The van der Waals surface area contributed by atoms with Crippen LogP contribution in [0.3, 0.4) is 0 Å². The lowest BCUT2D eigenvalue weighted by atomic mass is 9.81. The average Bonchev–Trinajstić information content (AvgIpc) is 3.97. The van der Waals surface area contributed by atoms with Crippen LogP contribution in [-0.2, 0) is 6.42 Å². The van der Waals surface area contributed by atoms with Crippen LogP contribution in [-0.4, -0.2) is 4.98 Å². The van der Waals surface area contributed by atoms with Gasteiger partial charge in [0.2, 0.25) is 5.89 Å². The second-order valence-corrected chi connectivity index (χ2v) is 14.2. The molecular weight excluding hydrogens is 675 g/mol. The first-order valence-corrected chi connectivity index (χ1v) is 18.7. The summed E-state index contributed by atoms with van der Waals surface area (Å²) in [4.78, 5) is 5.22. The van der Waals surface area contributed by atoms with Crippen LogP contribution in [0, 0.1) is 0 Å². The Morgan fingerprint density at radius 3 is 1.85 bits per heavy atom. The van der Waals surface area contributed by atoms with Crippen LogP contribution in [0.25, 0.3) is 88.7 Å². The van der Waals surface area contributed by atoms with Gasteiger partial charge in [-0.05, 0) is 70.1 Å². The van der Waals surface area contributed by atoms with Crippen LogP contribution in [0.4, 0.5) is 0 Å². The molecule has 0 saturated carbocycles. The molecule has 0 fully saturated rings. The number of hydrogen-bond acceptors (Lipinski definition) is 4. The number of hydrogen-bond donors (Lipinski definition) is 0. The zero-order valence-electron chi connectivity index (χ0n) is 29.8. The van der Waals surface area contributed by atoms with Crippen molar-refractivity contribution >= 4 is 55.0 Å². The third-order valence-corrected chi connectivity index (χ3v) is 11.0. The Hall–Kier alpha value is -7.17. The molecule has 1 unspecified atom stereocenters. The van der Waals surface area contributed by atoms with E-state index in [4.69, 9.17) is 18.2 Å². The lowest BCUT2D eigenvalue weighted by Crippen LogP contribution is -2.07. The van der Waals surface area contributed by atoms with Gasteiger partial charge in [0.25, 0.3) is 0 Å². The highest BCUT2D eigenvalue weighted by Crippen LogP contribution is 2.43. The van der Waals surface area contributed by atoms with Crippen molar-refractivity contribution < 1.29 is 13.3 Å². The van der Waals surface area contributed by atoms with Crippen molar-refractivity contribution in [3.8, 4) is 33.7 Å². The molecule has 11 rings (SSSR count). The fourth-order valence-corrected chi connectivity index (χ4v) is 8.37. The molecule has 0 aliphatic rings. The minimum Gasteiger partial charge on any atom is -0.456 e. The summed E-state index contributed by atoms with van der Waals surface area (Å²) in [5, 5.41) is 4.23. The van der Waals surface area contributed by atoms with Gasteiger partial charge >= 0.3 is 0 Å². The van der Waals surface area contributed by atoms with Gasteiger partial charge in [0.1, 0.15) is 27.8 Å². The number of fused-ring (bicyclic) bond motifs is 8. The fraction of sp³-hybridized carbons (Fsp3) is 0.0392. The summed E-state index contributed by atoms with van der Waals surface area (Å²) in [5.74, 6) is 0.578. The summed E-state index contributed by atoms with van der Waals surface area (Å²) in [6, 6.07) is 63.6.